The molecule has 2 aromatic carbocycles. The van der Waals surface area contributed by atoms with Gasteiger partial charge in [-0.3, -0.25) is 5.41 Å². The van der Waals surface area contributed by atoms with Crippen LogP contribution in [0, 0.1) is 22.7 Å². The molecule has 10 heteroatoms. The van der Waals surface area contributed by atoms with Crippen molar-refractivity contribution in [1.82, 2.24) is 23.8 Å². The second kappa shape index (κ2) is 10.6. The van der Waals surface area contributed by atoms with E-state index < -0.39 is 10.0 Å². The van der Waals surface area contributed by atoms with Crippen molar-refractivity contribution in [3.8, 4) is 6.07 Å². The summed E-state index contributed by atoms with van der Waals surface area (Å²) in [5.41, 5.74) is 2.67. The summed E-state index contributed by atoms with van der Waals surface area (Å²) in [6.07, 6.45) is 7.45. The average molecular weight is 552 g/mol. The predicted molar refractivity (Wildman–Crippen MR) is 153 cm³/mol. The molecule has 0 radical (unpaired) electrons. The first-order valence-corrected chi connectivity index (χ1v) is 14.8. The molecule has 0 spiro atoms. The van der Waals surface area contributed by atoms with Gasteiger partial charge in [0.05, 0.1) is 29.2 Å². The molecule has 2 N–H and O–H groups in total. The summed E-state index contributed by atoms with van der Waals surface area (Å²) in [5.74, 6) is 1.47. The largest absolute Gasteiger partial charge is 0.363 e. The van der Waals surface area contributed by atoms with Crippen LogP contribution in [0.1, 0.15) is 49.5 Å². The Kier molecular flexibility index (Phi) is 6.82. The van der Waals surface area contributed by atoms with Gasteiger partial charge < -0.3 is 9.88 Å². The minimum absolute atomic E-state index is 0.141. The number of hydrogen-bond donors (Lipinski definition) is 2. The van der Waals surface area contributed by atoms with Crippen LogP contribution in [0.25, 0.3) is 22.1 Å². The Morgan fingerprint density at radius 1 is 1.02 bits per heavy atom. The van der Waals surface area contributed by atoms with E-state index in [2.05, 4.69) is 20.9 Å². The van der Waals surface area contributed by atoms with Gasteiger partial charge in [0.2, 0.25) is 0 Å². The molecule has 0 aliphatic heterocycles. The van der Waals surface area contributed by atoms with Gasteiger partial charge in [-0.1, -0.05) is 48.5 Å². The number of benzene rings is 2. The first-order valence-electron chi connectivity index (χ1n) is 13.4. The summed E-state index contributed by atoms with van der Waals surface area (Å²) in [4.78, 5) is 9.67. The Balaban J connectivity index is 1.44. The molecular formula is C30H29N7O2S. The van der Waals surface area contributed by atoms with Crippen LogP contribution in [0.4, 0.5) is 0 Å². The molecule has 3 heterocycles. The first-order chi connectivity index (χ1) is 19.5. The van der Waals surface area contributed by atoms with Gasteiger partial charge in [-0.2, -0.15) is 5.26 Å². The van der Waals surface area contributed by atoms with Crippen LogP contribution < -0.4 is 5.32 Å². The van der Waals surface area contributed by atoms with Crippen LogP contribution in [-0.4, -0.2) is 32.8 Å². The minimum atomic E-state index is -3.83. The summed E-state index contributed by atoms with van der Waals surface area (Å²) >= 11 is 0. The number of amidine groups is 1. The lowest BCUT2D eigenvalue weighted by atomic mass is 9.84. The first kappa shape index (κ1) is 25.8. The Bertz CT molecular complexity index is 1830. The van der Waals surface area contributed by atoms with Crippen molar-refractivity contribution < 1.29 is 8.42 Å². The minimum Gasteiger partial charge on any atom is -0.363 e. The number of pyridine rings is 1. The summed E-state index contributed by atoms with van der Waals surface area (Å²) in [6.45, 7) is 0.338. The molecule has 1 aliphatic carbocycles. The van der Waals surface area contributed by atoms with Crippen molar-refractivity contribution in [3.63, 3.8) is 0 Å². The van der Waals surface area contributed by atoms with E-state index in [1.165, 1.54) is 3.97 Å². The van der Waals surface area contributed by atoms with Crippen molar-refractivity contribution in [2.75, 3.05) is 0 Å². The summed E-state index contributed by atoms with van der Waals surface area (Å²) in [7, 11) is -3.83. The normalized spacial score (nSPS) is 17.6. The molecule has 0 atom stereocenters. The number of nitrogens with one attached hydrogen (secondary N) is 2. The lowest BCUT2D eigenvalue weighted by Crippen LogP contribution is -2.26. The van der Waals surface area contributed by atoms with E-state index in [0.717, 1.165) is 42.6 Å². The lowest BCUT2D eigenvalue weighted by molar-refractivity contribution is 0.277. The van der Waals surface area contributed by atoms with Gasteiger partial charge in [0.25, 0.3) is 10.0 Å². The Labute approximate surface area is 232 Å². The Morgan fingerprint density at radius 3 is 2.42 bits per heavy atom. The Morgan fingerprint density at radius 2 is 1.73 bits per heavy atom. The van der Waals surface area contributed by atoms with Crippen LogP contribution in [-0.2, 0) is 16.6 Å². The van der Waals surface area contributed by atoms with E-state index in [1.807, 2.05) is 30.3 Å². The topological polar surface area (TPSA) is 129 Å². The molecule has 5 aromatic rings. The number of fused-ring (bicyclic) bond motifs is 3. The summed E-state index contributed by atoms with van der Waals surface area (Å²) in [6, 6.07) is 22.1. The fourth-order valence-electron chi connectivity index (χ4n) is 5.72. The van der Waals surface area contributed by atoms with E-state index in [-0.39, 0.29) is 10.9 Å². The van der Waals surface area contributed by atoms with Crippen LogP contribution >= 0.6 is 0 Å². The molecule has 0 amide bonds. The smallest absolute Gasteiger partial charge is 0.269 e. The van der Waals surface area contributed by atoms with Crippen LogP contribution in [0.5, 0.6) is 0 Å². The molecule has 40 heavy (non-hydrogen) atoms. The van der Waals surface area contributed by atoms with Gasteiger partial charge in [0.1, 0.15) is 17.2 Å². The van der Waals surface area contributed by atoms with Gasteiger partial charge >= 0.3 is 0 Å². The number of rotatable bonds is 7. The third kappa shape index (κ3) is 4.62. The highest BCUT2D eigenvalue weighted by molar-refractivity contribution is 7.90. The highest BCUT2D eigenvalue weighted by Crippen LogP contribution is 2.38. The zero-order valence-corrected chi connectivity index (χ0v) is 22.7. The van der Waals surface area contributed by atoms with Gasteiger partial charge in [-0.05, 0) is 49.8 Å². The van der Waals surface area contributed by atoms with Crippen molar-refractivity contribution in [1.29, 1.82) is 10.7 Å². The molecule has 6 rings (SSSR count). The zero-order chi connectivity index (χ0) is 27.7. The van der Waals surface area contributed by atoms with Gasteiger partial charge in [-0.15, -0.1) is 0 Å². The van der Waals surface area contributed by atoms with Gasteiger partial charge in [0.15, 0.2) is 5.65 Å². The molecule has 9 nitrogen and oxygen atoms in total. The quantitative estimate of drug-likeness (QED) is 0.206. The Hall–Kier alpha value is -4.49. The molecule has 0 bridgehead atoms. The van der Waals surface area contributed by atoms with E-state index >= 15 is 0 Å². The molecule has 1 fully saturated rings. The number of nitrogens with zero attached hydrogens (tertiary/aromatic N) is 5. The fourth-order valence-corrected chi connectivity index (χ4v) is 7.05. The summed E-state index contributed by atoms with van der Waals surface area (Å²) in [5, 5.41) is 21.6. The van der Waals surface area contributed by atoms with E-state index in [1.54, 1.807) is 48.8 Å². The highest BCUT2D eigenvalue weighted by Gasteiger charge is 2.28. The summed E-state index contributed by atoms with van der Waals surface area (Å²) < 4.78 is 30.4. The van der Waals surface area contributed by atoms with Crippen LogP contribution in [0.2, 0.25) is 0 Å². The van der Waals surface area contributed by atoms with E-state index in [4.69, 9.17) is 10.4 Å². The fraction of sp³-hybridized carbons (Fsp3) is 0.267. The maximum atomic E-state index is 13.5. The number of hydrogen-bond acceptors (Lipinski definition) is 6. The number of nitriles is 1. The monoisotopic (exact) mass is 551 g/mol. The van der Waals surface area contributed by atoms with Crippen molar-refractivity contribution in [2.24, 2.45) is 5.92 Å². The maximum absolute atomic E-state index is 13.5. The highest BCUT2D eigenvalue weighted by atomic mass is 32.2. The molecule has 202 valence electrons. The standard InChI is InChI=1S/C30H29N7O2S/c31-17-15-21-11-13-23(14-12-21)37-27(20-33-29(32)22-7-3-1-4-8-22)35-26-19-34-30-25(28(26)37)16-18-36(30)40(38,39)24-9-5-2-6-10-24/h1-10,16,18-19,21,23H,11-15,20H2,(H2,32,33)/t21-,23-. The van der Waals surface area contributed by atoms with Gasteiger partial charge in [-0.25, -0.2) is 22.4 Å². The molecule has 1 saturated carbocycles. The van der Waals surface area contributed by atoms with Crippen LogP contribution in [0.3, 0.4) is 0 Å². The predicted octanol–water partition coefficient (Wildman–Crippen LogP) is 5.38. The second-order valence-corrected chi connectivity index (χ2v) is 12.0. The van der Waals surface area contributed by atoms with Crippen molar-refractivity contribution in [2.45, 2.75) is 49.6 Å². The number of imidazole rings is 1. The maximum Gasteiger partial charge on any atom is 0.269 e. The van der Waals surface area contributed by atoms with E-state index in [0.29, 0.717) is 41.3 Å². The van der Waals surface area contributed by atoms with Crippen molar-refractivity contribution >= 4 is 37.9 Å². The average Bonchev–Trinajstić information content (AvgIpc) is 3.59. The third-order valence-corrected chi connectivity index (χ3v) is 9.43. The van der Waals surface area contributed by atoms with E-state index in [9.17, 15) is 13.7 Å². The lowest BCUT2D eigenvalue weighted by Gasteiger charge is -2.30. The molecule has 0 unspecified atom stereocenters. The third-order valence-electron chi connectivity index (χ3n) is 7.75. The molecule has 0 saturated heterocycles. The second-order valence-electron chi connectivity index (χ2n) is 10.2. The zero-order valence-electron chi connectivity index (χ0n) is 21.9. The number of aromatic nitrogens is 4. The molecule has 3 aromatic heterocycles. The van der Waals surface area contributed by atoms with Crippen molar-refractivity contribution in [3.05, 3.63) is 90.5 Å². The van der Waals surface area contributed by atoms with Crippen LogP contribution in [0.15, 0.2) is 84.0 Å². The van der Waals surface area contributed by atoms with Gasteiger partial charge in [0, 0.05) is 29.6 Å². The SMILES string of the molecule is N#CC[C@H]1CC[C@H](n2c(CNC(=N)c3ccccc3)nc3cnc4c(ccn4S(=O)(=O)c4ccccc4)c32)CC1. The molecular weight excluding hydrogens is 522 g/mol. The molecule has 1 aliphatic rings.